The van der Waals surface area contributed by atoms with Crippen molar-refractivity contribution in [2.24, 2.45) is 0 Å². The Morgan fingerprint density at radius 3 is 0.705 bits per heavy atom. The molecule has 0 aliphatic heterocycles. The van der Waals surface area contributed by atoms with Crippen LogP contribution in [0.25, 0.3) is 0 Å². The first kappa shape index (κ1) is 35.5. The number of allylic oxidation sites excluding steroid dienone is 12. The predicted molar refractivity (Wildman–Crippen MR) is 171 cm³/mol. The molecule has 0 saturated carbocycles. The van der Waals surface area contributed by atoms with Gasteiger partial charge in [0.25, 0.3) is 0 Å². The maximum Gasteiger partial charge on any atom is 0.186 e. The molecule has 0 unspecified atom stereocenters. The van der Waals surface area contributed by atoms with Gasteiger partial charge in [-0.15, -0.1) is 0 Å². The Hall–Kier alpha value is -2.98. The third-order valence-corrected chi connectivity index (χ3v) is 10.5. The maximum absolute atomic E-state index is 12.7. The maximum atomic E-state index is 12.7. The quantitative estimate of drug-likeness (QED) is 0.0711. The Labute approximate surface area is 260 Å². The average Bonchev–Trinajstić information content (AvgIpc) is 3.01. The van der Waals surface area contributed by atoms with E-state index in [1.807, 2.05) is 0 Å². The molecule has 6 aliphatic carbocycles. The lowest BCUT2D eigenvalue weighted by Crippen LogP contribution is -2.34. The molecule has 0 saturated heterocycles. The van der Waals surface area contributed by atoms with E-state index in [4.69, 9.17) is 21.0 Å². The van der Waals surface area contributed by atoms with Crippen LogP contribution in [0.15, 0.2) is 89.2 Å². The summed E-state index contributed by atoms with van der Waals surface area (Å²) in [6.45, 7) is 16.8. The van der Waals surface area contributed by atoms with Gasteiger partial charge in [-0.3, -0.25) is 30.6 Å². The molecule has 6 rings (SSSR count). The number of hydrogen-bond donors (Lipinski definition) is 6. The topological polar surface area (TPSA) is 156 Å². The van der Waals surface area contributed by atoms with Crippen LogP contribution in [-0.4, -0.2) is 55.0 Å². The highest BCUT2D eigenvalue weighted by atomic mass is 17.0. The van der Waals surface area contributed by atoms with Gasteiger partial charge in [0.15, 0.2) is 11.6 Å². The molecule has 0 fully saturated rings. The molecule has 0 aromatic heterocycles. The molecule has 240 valence electrons. The molecule has 0 aromatic rings. The van der Waals surface area contributed by atoms with Crippen molar-refractivity contribution in [3.8, 4) is 0 Å². The predicted octanol–water partition coefficient (Wildman–Crippen LogP) is 7.60. The zero-order valence-corrected chi connectivity index (χ0v) is 27.3. The third-order valence-electron chi connectivity index (χ3n) is 10.5. The summed E-state index contributed by atoms with van der Waals surface area (Å²) < 4.78 is 0. The zero-order valence-electron chi connectivity index (χ0n) is 27.3. The molecule has 0 radical (unpaired) electrons. The number of carbonyl (C=O) groups is 2. The second-order valence-corrected chi connectivity index (χ2v) is 13.1. The molecule has 0 amide bonds. The molecule has 8 nitrogen and oxygen atoms in total. The van der Waals surface area contributed by atoms with Gasteiger partial charge in [-0.1, -0.05) is 44.6 Å². The molecule has 0 heterocycles. The van der Waals surface area contributed by atoms with E-state index < -0.39 is 12.2 Å². The minimum atomic E-state index is -0.477. The van der Waals surface area contributed by atoms with Crippen molar-refractivity contribution < 1.29 is 40.8 Å². The summed E-state index contributed by atoms with van der Waals surface area (Å²) in [6, 6.07) is 0. The monoisotopic (exact) mass is 608 g/mol. The standard InChI is InChI=1S/C18H24O2.C18H20O2.2H2O2/c2*1-9-5-13-14(6-10(9)2)18(20)16-8-12(4)11(3)7-15(16)17(13)19;2*1-2/h17-20H,5-8H2,1-4H3;5-8H2,1-4H3;2*1-2H. The van der Waals surface area contributed by atoms with Gasteiger partial charge in [-0.2, -0.15) is 0 Å². The SMILES string of the molecule is CC1=C(C)CC2=C(C1)C(=O)C1=C(CC(C)=C(C)C1)C2=O.CC1=C(C)CC2=C(C1)C(O)C1=C(CC(C)=C(C)C1)C2O.OO.OO. The first-order valence-corrected chi connectivity index (χ1v) is 15.1. The molecule has 0 aromatic carbocycles. The van der Waals surface area contributed by atoms with Crippen molar-refractivity contribution in [2.45, 2.75) is 119 Å². The van der Waals surface area contributed by atoms with Crippen molar-refractivity contribution in [3.05, 3.63) is 89.2 Å². The van der Waals surface area contributed by atoms with Gasteiger partial charge in [-0.25, -0.2) is 0 Å². The van der Waals surface area contributed by atoms with Crippen LogP contribution >= 0.6 is 0 Å². The van der Waals surface area contributed by atoms with Crippen LogP contribution in [0, 0.1) is 0 Å². The van der Waals surface area contributed by atoms with Gasteiger partial charge in [0.1, 0.15) is 0 Å². The fraction of sp³-hybridized carbons (Fsp3) is 0.500. The highest BCUT2D eigenvalue weighted by Crippen LogP contribution is 2.46. The fourth-order valence-corrected chi connectivity index (χ4v) is 7.03. The molecule has 0 atom stereocenters. The summed E-state index contributed by atoms with van der Waals surface area (Å²) in [5.74, 6) is 0.265. The van der Waals surface area contributed by atoms with Crippen LogP contribution in [0.2, 0.25) is 0 Å². The zero-order chi connectivity index (χ0) is 33.2. The summed E-state index contributed by atoms with van der Waals surface area (Å²) in [4.78, 5) is 25.5. The first-order valence-electron chi connectivity index (χ1n) is 15.1. The Morgan fingerprint density at radius 2 is 0.523 bits per heavy atom. The number of hydrogen-bond acceptors (Lipinski definition) is 8. The second kappa shape index (κ2) is 14.4. The van der Waals surface area contributed by atoms with Crippen LogP contribution in [0.3, 0.4) is 0 Å². The molecular formula is C36H48O8. The Kier molecular flexibility index (Phi) is 11.6. The lowest BCUT2D eigenvalue weighted by Gasteiger charge is -2.39. The molecule has 8 heteroatoms. The van der Waals surface area contributed by atoms with Crippen LogP contribution in [0.1, 0.15) is 107 Å². The fourth-order valence-electron chi connectivity index (χ4n) is 7.03. The molecule has 44 heavy (non-hydrogen) atoms. The van der Waals surface area contributed by atoms with Gasteiger partial charge in [-0.05, 0) is 129 Å². The molecule has 6 N–H and O–H groups in total. The minimum absolute atomic E-state index is 0.133. The lowest BCUT2D eigenvalue weighted by molar-refractivity contribution is -0.176. The number of aliphatic hydroxyl groups is 2. The average molecular weight is 609 g/mol. The van der Waals surface area contributed by atoms with Crippen molar-refractivity contribution in [1.29, 1.82) is 0 Å². The highest BCUT2D eigenvalue weighted by molar-refractivity contribution is 6.26. The summed E-state index contributed by atoms with van der Waals surface area (Å²) in [7, 11) is 0. The van der Waals surface area contributed by atoms with E-state index in [2.05, 4.69) is 55.4 Å². The van der Waals surface area contributed by atoms with Gasteiger partial charge >= 0.3 is 0 Å². The lowest BCUT2D eigenvalue weighted by atomic mass is 9.70. The molecule has 0 bridgehead atoms. The Balaban J connectivity index is 0.000000216. The summed E-state index contributed by atoms with van der Waals surface area (Å²) in [6.07, 6.45) is 4.94. The largest absolute Gasteiger partial charge is 0.384 e. The van der Waals surface area contributed by atoms with Crippen LogP contribution in [0.4, 0.5) is 0 Å². The van der Waals surface area contributed by atoms with Crippen molar-refractivity contribution in [3.63, 3.8) is 0 Å². The van der Waals surface area contributed by atoms with Gasteiger partial charge < -0.3 is 10.2 Å². The van der Waals surface area contributed by atoms with Crippen molar-refractivity contribution in [1.82, 2.24) is 0 Å². The minimum Gasteiger partial charge on any atom is -0.384 e. The highest BCUT2D eigenvalue weighted by Gasteiger charge is 2.39. The van der Waals surface area contributed by atoms with Gasteiger partial charge in [0, 0.05) is 22.3 Å². The van der Waals surface area contributed by atoms with E-state index in [0.717, 1.165) is 70.3 Å². The molecular weight excluding hydrogens is 560 g/mol. The number of ketones is 2. The van der Waals surface area contributed by atoms with Crippen LogP contribution in [-0.2, 0) is 9.59 Å². The van der Waals surface area contributed by atoms with Crippen molar-refractivity contribution >= 4 is 11.6 Å². The van der Waals surface area contributed by atoms with Crippen LogP contribution in [0.5, 0.6) is 0 Å². The van der Waals surface area contributed by atoms with E-state index in [1.54, 1.807) is 0 Å². The summed E-state index contributed by atoms with van der Waals surface area (Å²) in [5.41, 5.74) is 17.7. The van der Waals surface area contributed by atoms with E-state index >= 15 is 0 Å². The third kappa shape index (κ3) is 6.52. The number of aliphatic hydroxyl groups excluding tert-OH is 2. The Bertz CT molecular complexity index is 1300. The molecule has 6 aliphatic rings. The summed E-state index contributed by atoms with van der Waals surface area (Å²) in [5, 5.41) is 45.5. The van der Waals surface area contributed by atoms with Gasteiger partial charge in [0.05, 0.1) is 12.2 Å². The van der Waals surface area contributed by atoms with E-state index in [0.29, 0.717) is 25.7 Å². The summed E-state index contributed by atoms with van der Waals surface area (Å²) >= 11 is 0. The van der Waals surface area contributed by atoms with Gasteiger partial charge in [0.2, 0.25) is 0 Å². The number of carbonyl (C=O) groups excluding carboxylic acids is 2. The first-order chi connectivity index (χ1) is 20.8. The van der Waals surface area contributed by atoms with E-state index in [-0.39, 0.29) is 11.6 Å². The van der Waals surface area contributed by atoms with Crippen LogP contribution < -0.4 is 0 Å². The second-order valence-electron chi connectivity index (χ2n) is 13.1. The molecule has 0 spiro atoms. The normalized spacial score (nSPS) is 25.0. The Morgan fingerprint density at radius 1 is 0.364 bits per heavy atom. The van der Waals surface area contributed by atoms with E-state index in [9.17, 15) is 19.8 Å². The van der Waals surface area contributed by atoms with Crippen molar-refractivity contribution in [2.75, 3.05) is 0 Å². The number of Topliss-reactive ketones (excluding diaryl/α,β-unsaturated/α-hetero) is 2. The van der Waals surface area contributed by atoms with E-state index in [1.165, 1.54) is 44.6 Å². The smallest absolute Gasteiger partial charge is 0.186 e. The number of rotatable bonds is 0.